The summed E-state index contributed by atoms with van der Waals surface area (Å²) in [5.74, 6) is 0.649. The summed E-state index contributed by atoms with van der Waals surface area (Å²) >= 11 is 0. The van der Waals surface area contributed by atoms with Crippen LogP contribution in [0.1, 0.15) is 44.6 Å². The lowest BCUT2D eigenvalue weighted by molar-refractivity contribution is -0.572. The van der Waals surface area contributed by atoms with Crippen LogP contribution in [0, 0.1) is 5.41 Å². The quantitative estimate of drug-likeness (QED) is 0.658. The molecule has 156 valence electrons. The van der Waals surface area contributed by atoms with Gasteiger partial charge in [-0.25, -0.2) is 4.79 Å². The van der Waals surface area contributed by atoms with E-state index in [0.29, 0.717) is 50.4 Å². The second-order valence-electron chi connectivity index (χ2n) is 8.03. The first kappa shape index (κ1) is 21.0. The monoisotopic (exact) mass is 399 g/mol. The first-order valence-corrected chi connectivity index (χ1v) is 10.2. The van der Waals surface area contributed by atoms with Gasteiger partial charge in [-0.3, -0.25) is 4.79 Å². The number of nitrogens with one attached hydrogen (secondary N) is 2. The minimum absolute atomic E-state index is 0.0231. The number of urea groups is 1. The number of Topliss-reactive ketones (excluding diaryl/α,β-unsaturated/α-hetero) is 1. The summed E-state index contributed by atoms with van der Waals surface area (Å²) in [6.07, 6.45) is 1.49. The highest BCUT2D eigenvalue weighted by Gasteiger charge is 2.46. The molecule has 1 fully saturated rings. The molecule has 0 aromatic heterocycles. The molecular formula is C22H31N4O3+. The number of nitrogens with two attached hydrogens (primary N) is 1. The Morgan fingerprint density at radius 1 is 1.31 bits per heavy atom. The third kappa shape index (κ3) is 4.67. The van der Waals surface area contributed by atoms with Gasteiger partial charge in [0.15, 0.2) is 0 Å². The molecule has 0 aliphatic carbocycles. The number of ketones is 1. The van der Waals surface area contributed by atoms with E-state index in [9.17, 15) is 9.59 Å². The van der Waals surface area contributed by atoms with Gasteiger partial charge in [-0.05, 0) is 18.4 Å². The van der Waals surface area contributed by atoms with Crippen molar-refractivity contribution >= 4 is 17.5 Å². The van der Waals surface area contributed by atoms with Gasteiger partial charge in [0.1, 0.15) is 5.60 Å². The van der Waals surface area contributed by atoms with Crippen molar-refractivity contribution in [2.45, 2.75) is 44.6 Å². The fraction of sp³-hybridized carbons (Fsp3) is 0.500. The van der Waals surface area contributed by atoms with Crippen LogP contribution in [-0.2, 0) is 9.53 Å². The first-order valence-electron chi connectivity index (χ1n) is 10.2. The van der Waals surface area contributed by atoms with Crippen LogP contribution in [0.15, 0.2) is 41.8 Å². The van der Waals surface area contributed by atoms with E-state index in [1.807, 2.05) is 18.2 Å². The molecule has 2 heterocycles. The minimum atomic E-state index is -0.602. The van der Waals surface area contributed by atoms with Gasteiger partial charge in [0, 0.05) is 32.5 Å². The largest absolute Gasteiger partial charge is 0.479 e. The minimum Gasteiger partial charge on any atom is -0.479 e. The van der Waals surface area contributed by atoms with Gasteiger partial charge in [-0.1, -0.05) is 37.3 Å². The van der Waals surface area contributed by atoms with E-state index in [1.54, 1.807) is 24.2 Å². The molecule has 0 unspecified atom stereocenters. The van der Waals surface area contributed by atoms with Crippen LogP contribution in [0.4, 0.5) is 4.79 Å². The van der Waals surface area contributed by atoms with Gasteiger partial charge in [0.25, 0.3) is 0 Å². The van der Waals surface area contributed by atoms with Gasteiger partial charge >= 0.3 is 6.03 Å². The smallest absolute Gasteiger partial charge is 0.317 e. The highest BCUT2D eigenvalue weighted by Crippen LogP contribution is 2.36. The second kappa shape index (κ2) is 8.78. The summed E-state index contributed by atoms with van der Waals surface area (Å²) in [6.45, 7) is 5.39. The molecule has 1 spiro atoms. The van der Waals surface area contributed by atoms with E-state index in [-0.39, 0.29) is 23.4 Å². The lowest BCUT2D eigenvalue weighted by Crippen LogP contribution is -2.80. The van der Waals surface area contributed by atoms with Crippen LogP contribution in [0.25, 0.3) is 0 Å². The number of carbonyl (C=O) groups is 2. The Hall–Kier alpha value is -2.67. The van der Waals surface area contributed by atoms with E-state index >= 15 is 0 Å². The summed E-state index contributed by atoms with van der Waals surface area (Å²) in [4.78, 5) is 27.0. The number of hydrogen-bond acceptors (Lipinski definition) is 4. The van der Waals surface area contributed by atoms with Gasteiger partial charge < -0.3 is 25.7 Å². The maximum atomic E-state index is 12.6. The van der Waals surface area contributed by atoms with Crippen molar-refractivity contribution in [3.05, 3.63) is 47.4 Å². The van der Waals surface area contributed by atoms with E-state index in [4.69, 9.17) is 10.1 Å². The topological polar surface area (TPSA) is 99.1 Å². The molecule has 1 aromatic carbocycles. The van der Waals surface area contributed by atoms with Crippen molar-refractivity contribution in [1.82, 2.24) is 10.2 Å². The molecule has 1 atom stereocenters. The highest BCUT2D eigenvalue weighted by atomic mass is 16.5. The number of ether oxygens (including phenoxy) is 1. The number of piperidine rings is 1. The van der Waals surface area contributed by atoms with Gasteiger partial charge in [-0.15, -0.1) is 0 Å². The van der Waals surface area contributed by atoms with Crippen LogP contribution in [0.2, 0.25) is 0 Å². The fourth-order valence-corrected chi connectivity index (χ4v) is 4.04. The molecule has 2 amide bonds. The van der Waals surface area contributed by atoms with Gasteiger partial charge in [0.05, 0.1) is 19.2 Å². The van der Waals surface area contributed by atoms with Gasteiger partial charge in [0.2, 0.25) is 17.2 Å². The van der Waals surface area contributed by atoms with Crippen molar-refractivity contribution in [2.75, 3.05) is 26.7 Å². The molecule has 7 heteroatoms. The molecule has 2 aliphatic rings. The molecule has 0 radical (unpaired) electrons. The average molecular weight is 400 g/mol. The standard InChI is InChI=1S/C22H30N4O3/c1-15(17-7-5-4-6-8-17)14-25-21(28)26-11-9-22(10-12-26)13-18(27)19(24-3)20(29-22)16(2)23/h4-8,15,23-24H,9-14H2,1-3H3,(H,25,28)/p+1/t15-/m0/s1. The van der Waals surface area contributed by atoms with Crippen LogP contribution in [-0.4, -0.2) is 54.7 Å². The summed E-state index contributed by atoms with van der Waals surface area (Å²) in [7, 11) is 1.79. The number of likely N-dealkylation sites (N-methyl/N-ethyl adjacent to an activating group) is 1. The molecule has 29 heavy (non-hydrogen) atoms. The summed E-state index contributed by atoms with van der Waals surface area (Å²) in [5.41, 5.74) is 1.36. The zero-order valence-electron chi connectivity index (χ0n) is 17.5. The van der Waals surface area contributed by atoms with Crippen molar-refractivity contribution < 1.29 is 19.6 Å². The van der Waals surface area contributed by atoms with E-state index in [1.165, 1.54) is 5.56 Å². The number of hydrogen-bond donors (Lipinski definition) is 3. The summed E-state index contributed by atoms with van der Waals surface area (Å²) < 4.78 is 6.18. The second-order valence-corrected chi connectivity index (χ2v) is 8.03. The first-order chi connectivity index (χ1) is 13.8. The number of amides is 2. The Balaban J connectivity index is 1.56. The van der Waals surface area contributed by atoms with Crippen molar-refractivity contribution in [1.29, 1.82) is 5.41 Å². The maximum Gasteiger partial charge on any atom is 0.317 e. The van der Waals surface area contributed by atoms with Crippen LogP contribution >= 0.6 is 0 Å². The molecule has 0 bridgehead atoms. The molecule has 0 saturated carbocycles. The summed E-state index contributed by atoms with van der Waals surface area (Å²) in [5, 5.41) is 12.7. The predicted octanol–water partition coefficient (Wildman–Crippen LogP) is 1.77. The number of allylic oxidation sites excluding steroid dienone is 2. The third-order valence-electron chi connectivity index (χ3n) is 5.87. The zero-order valence-corrected chi connectivity index (χ0v) is 17.5. The Labute approximate surface area is 172 Å². The number of likely N-dealkylation sites (tertiary alicyclic amines) is 1. The number of quaternary nitrogens is 1. The molecule has 7 nitrogen and oxygen atoms in total. The molecule has 1 saturated heterocycles. The predicted molar refractivity (Wildman–Crippen MR) is 111 cm³/mol. The van der Waals surface area contributed by atoms with Crippen LogP contribution < -0.4 is 10.6 Å². The van der Waals surface area contributed by atoms with Crippen molar-refractivity contribution in [3.8, 4) is 0 Å². The van der Waals surface area contributed by atoms with Crippen LogP contribution in [0.3, 0.4) is 0 Å². The van der Waals surface area contributed by atoms with Crippen LogP contribution in [0.5, 0.6) is 0 Å². The highest BCUT2D eigenvalue weighted by molar-refractivity contribution is 6.05. The molecular weight excluding hydrogens is 368 g/mol. The number of nitrogens with zero attached hydrogens (tertiary/aromatic N) is 1. The lowest BCUT2D eigenvalue weighted by Gasteiger charge is -2.43. The van der Waals surface area contributed by atoms with Crippen molar-refractivity contribution in [2.24, 2.45) is 0 Å². The van der Waals surface area contributed by atoms with E-state index in [0.717, 1.165) is 0 Å². The van der Waals surface area contributed by atoms with Gasteiger partial charge in [-0.2, -0.15) is 0 Å². The maximum absolute atomic E-state index is 12.6. The Bertz CT molecular complexity index is 811. The molecule has 4 N–H and O–H groups in total. The van der Waals surface area contributed by atoms with Crippen molar-refractivity contribution in [3.63, 3.8) is 0 Å². The normalized spacial score (nSPS) is 19.7. The molecule has 2 aliphatic heterocycles. The zero-order chi connectivity index (χ0) is 21.0. The van der Waals surface area contributed by atoms with E-state index in [2.05, 4.69) is 24.4 Å². The average Bonchev–Trinajstić information content (AvgIpc) is 2.72. The fourth-order valence-electron chi connectivity index (χ4n) is 4.04. The van der Waals surface area contributed by atoms with E-state index < -0.39 is 5.60 Å². The summed E-state index contributed by atoms with van der Waals surface area (Å²) in [6, 6.07) is 10.0. The molecule has 3 rings (SSSR count). The Morgan fingerprint density at radius 2 is 1.97 bits per heavy atom. The third-order valence-corrected chi connectivity index (χ3v) is 5.87. The number of carbonyl (C=O) groups excluding carboxylic acids is 2. The Kier molecular flexibility index (Phi) is 6.37. The number of benzene rings is 1. The Morgan fingerprint density at radius 3 is 2.55 bits per heavy atom. The number of rotatable bonds is 5. The SMILES string of the molecule is C[NH2+]C1=C(C(C)=N)OC2(CCN(C(=O)NC[C@H](C)c3ccccc3)CC2)CC1=O. The lowest BCUT2D eigenvalue weighted by atomic mass is 9.83. The molecule has 1 aromatic rings.